The van der Waals surface area contributed by atoms with Gasteiger partial charge in [0, 0.05) is 34.5 Å². The summed E-state index contributed by atoms with van der Waals surface area (Å²) in [6.45, 7) is 3.11. The molecule has 2 N–H and O–H groups in total. The summed E-state index contributed by atoms with van der Waals surface area (Å²) < 4.78 is 5.25. The van der Waals surface area contributed by atoms with Gasteiger partial charge in [0.2, 0.25) is 0 Å². The Kier molecular flexibility index (Phi) is 3.68. The van der Waals surface area contributed by atoms with E-state index in [0.29, 0.717) is 10.5 Å². The fourth-order valence-corrected chi connectivity index (χ4v) is 4.80. The van der Waals surface area contributed by atoms with Crippen molar-refractivity contribution in [3.8, 4) is 0 Å². The molecular formula is C10H17NOS2. The molecule has 80 valence electrons. The Hall–Kier alpha value is 0.200. The molecule has 0 aromatic heterocycles. The van der Waals surface area contributed by atoms with E-state index in [4.69, 9.17) is 10.5 Å². The molecule has 14 heavy (non-hydrogen) atoms. The zero-order valence-electron chi connectivity index (χ0n) is 8.44. The van der Waals surface area contributed by atoms with E-state index in [2.05, 4.69) is 6.92 Å². The van der Waals surface area contributed by atoms with E-state index in [1.54, 1.807) is 0 Å². The lowest BCUT2D eigenvalue weighted by molar-refractivity contribution is 0.281. The van der Waals surface area contributed by atoms with Gasteiger partial charge in [-0.05, 0) is 5.57 Å². The van der Waals surface area contributed by atoms with Crippen LogP contribution < -0.4 is 5.73 Å². The van der Waals surface area contributed by atoms with Crippen molar-refractivity contribution in [2.45, 2.75) is 29.9 Å². The van der Waals surface area contributed by atoms with Crippen molar-refractivity contribution < 1.29 is 4.74 Å². The second-order valence-corrected chi connectivity index (χ2v) is 6.52. The third-order valence-corrected chi connectivity index (χ3v) is 5.98. The van der Waals surface area contributed by atoms with Crippen LogP contribution in [0.3, 0.4) is 0 Å². The Bertz CT molecular complexity index is 232. The van der Waals surface area contributed by atoms with E-state index in [0.717, 1.165) is 13.0 Å². The molecule has 1 fully saturated rings. The van der Waals surface area contributed by atoms with Crippen LogP contribution in [0.25, 0.3) is 0 Å². The molecule has 2 nitrogen and oxygen atoms in total. The molecule has 0 radical (unpaired) electrons. The summed E-state index contributed by atoms with van der Waals surface area (Å²) >= 11 is 4.07. The topological polar surface area (TPSA) is 35.2 Å². The van der Waals surface area contributed by atoms with Gasteiger partial charge in [0.1, 0.15) is 0 Å². The first kappa shape index (κ1) is 10.7. The molecule has 3 unspecified atom stereocenters. The lowest BCUT2D eigenvalue weighted by Gasteiger charge is -2.32. The number of hydrogen-bond acceptors (Lipinski definition) is 4. The molecular weight excluding hydrogens is 214 g/mol. The minimum atomic E-state index is 0.199. The molecule has 2 rings (SSSR count). The van der Waals surface area contributed by atoms with Crippen LogP contribution in [0.5, 0.6) is 0 Å². The first-order valence-corrected chi connectivity index (χ1v) is 7.18. The molecule has 4 heteroatoms. The van der Waals surface area contributed by atoms with Gasteiger partial charge in [-0.3, -0.25) is 0 Å². The fourth-order valence-electron chi connectivity index (χ4n) is 1.90. The predicted octanol–water partition coefficient (Wildman–Crippen LogP) is 1.85. The first-order chi connectivity index (χ1) is 6.79. The standard InChI is InChI=1S/C10H17NOS2/c1-7-10(14-5-4-13-7)9(11)8-2-3-12-6-8/h6-7,9-10H,2-5,11H2,1H3. The predicted molar refractivity (Wildman–Crippen MR) is 64.8 cm³/mol. The van der Waals surface area contributed by atoms with Crippen molar-refractivity contribution in [1.82, 2.24) is 0 Å². The Morgan fingerprint density at radius 2 is 2.29 bits per heavy atom. The van der Waals surface area contributed by atoms with E-state index in [1.807, 2.05) is 29.8 Å². The molecule has 0 amide bonds. The van der Waals surface area contributed by atoms with Gasteiger partial charge in [-0.25, -0.2) is 0 Å². The summed E-state index contributed by atoms with van der Waals surface area (Å²) in [5.41, 5.74) is 7.56. The molecule has 0 aromatic carbocycles. The third kappa shape index (κ3) is 2.23. The second-order valence-electron chi connectivity index (χ2n) is 3.75. The summed E-state index contributed by atoms with van der Waals surface area (Å²) in [5, 5.41) is 1.24. The van der Waals surface area contributed by atoms with Gasteiger partial charge in [-0.2, -0.15) is 23.5 Å². The van der Waals surface area contributed by atoms with Crippen LogP contribution in [0.4, 0.5) is 0 Å². The molecule has 1 saturated heterocycles. The number of ether oxygens (including phenoxy) is 1. The number of rotatable bonds is 2. The van der Waals surface area contributed by atoms with E-state index in [9.17, 15) is 0 Å². The Balaban J connectivity index is 1.98. The largest absolute Gasteiger partial charge is 0.501 e. The molecule has 0 spiro atoms. The SMILES string of the molecule is CC1SCCSC1C(N)C1=COCC1. The summed E-state index contributed by atoms with van der Waals surface area (Å²) in [6, 6.07) is 0.199. The van der Waals surface area contributed by atoms with Gasteiger partial charge >= 0.3 is 0 Å². The van der Waals surface area contributed by atoms with Gasteiger partial charge in [0.25, 0.3) is 0 Å². The van der Waals surface area contributed by atoms with Crippen LogP contribution in [-0.2, 0) is 4.74 Å². The van der Waals surface area contributed by atoms with Crippen LogP contribution in [0, 0.1) is 0 Å². The highest BCUT2D eigenvalue weighted by Gasteiger charge is 2.31. The highest BCUT2D eigenvalue weighted by Crippen LogP contribution is 2.35. The highest BCUT2D eigenvalue weighted by atomic mass is 32.2. The average Bonchev–Trinajstić information content (AvgIpc) is 2.70. The van der Waals surface area contributed by atoms with E-state index in [-0.39, 0.29) is 6.04 Å². The van der Waals surface area contributed by atoms with Crippen molar-refractivity contribution >= 4 is 23.5 Å². The molecule has 2 aliphatic rings. The average molecular weight is 231 g/mol. The smallest absolute Gasteiger partial charge is 0.0912 e. The normalized spacial score (nSPS) is 34.9. The molecule has 2 aliphatic heterocycles. The fraction of sp³-hybridized carbons (Fsp3) is 0.800. The first-order valence-electron chi connectivity index (χ1n) is 5.08. The maximum Gasteiger partial charge on any atom is 0.0912 e. The molecule has 0 aromatic rings. The molecule has 3 atom stereocenters. The molecule has 2 heterocycles. The Morgan fingerprint density at radius 3 is 2.93 bits per heavy atom. The van der Waals surface area contributed by atoms with Crippen molar-refractivity contribution in [3.05, 3.63) is 11.8 Å². The van der Waals surface area contributed by atoms with E-state index >= 15 is 0 Å². The van der Waals surface area contributed by atoms with Crippen LogP contribution in [0.15, 0.2) is 11.8 Å². The van der Waals surface area contributed by atoms with Crippen LogP contribution in [-0.4, -0.2) is 34.7 Å². The third-order valence-electron chi connectivity index (χ3n) is 2.76. The Morgan fingerprint density at radius 1 is 1.50 bits per heavy atom. The minimum absolute atomic E-state index is 0.199. The monoisotopic (exact) mass is 231 g/mol. The quantitative estimate of drug-likeness (QED) is 0.787. The zero-order chi connectivity index (χ0) is 9.97. The van der Waals surface area contributed by atoms with E-state index in [1.165, 1.54) is 17.1 Å². The molecule has 0 saturated carbocycles. The lowest BCUT2D eigenvalue weighted by atomic mass is 10.0. The van der Waals surface area contributed by atoms with Crippen LogP contribution >= 0.6 is 23.5 Å². The molecule has 0 bridgehead atoms. The van der Waals surface area contributed by atoms with Crippen LogP contribution in [0.2, 0.25) is 0 Å². The van der Waals surface area contributed by atoms with Crippen molar-refractivity contribution in [2.75, 3.05) is 18.1 Å². The van der Waals surface area contributed by atoms with Crippen LogP contribution in [0.1, 0.15) is 13.3 Å². The number of thioether (sulfide) groups is 2. The number of nitrogens with two attached hydrogens (primary N) is 1. The maximum absolute atomic E-state index is 6.26. The zero-order valence-corrected chi connectivity index (χ0v) is 10.1. The van der Waals surface area contributed by atoms with Gasteiger partial charge in [-0.1, -0.05) is 6.92 Å². The van der Waals surface area contributed by atoms with Gasteiger partial charge in [0.05, 0.1) is 12.9 Å². The summed E-state index contributed by atoms with van der Waals surface area (Å²) in [6.07, 6.45) is 2.90. The minimum Gasteiger partial charge on any atom is -0.501 e. The summed E-state index contributed by atoms with van der Waals surface area (Å²) in [7, 11) is 0. The maximum atomic E-state index is 6.26. The van der Waals surface area contributed by atoms with Gasteiger partial charge < -0.3 is 10.5 Å². The van der Waals surface area contributed by atoms with Crippen molar-refractivity contribution in [2.24, 2.45) is 5.73 Å². The highest BCUT2D eigenvalue weighted by molar-refractivity contribution is 8.07. The van der Waals surface area contributed by atoms with E-state index < -0.39 is 0 Å². The Labute approximate surface area is 94.0 Å². The van der Waals surface area contributed by atoms with Crippen molar-refractivity contribution in [3.63, 3.8) is 0 Å². The summed E-state index contributed by atoms with van der Waals surface area (Å²) in [4.78, 5) is 0. The summed E-state index contributed by atoms with van der Waals surface area (Å²) in [5.74, 6) is 2.51. The van der Waals surface area contributed by atoms with Gasteiger partial charge in [-0.15, -0.1) is 0 Å². The lowest BCUT2D eigenvalue weighted by Crippen LogP contribution is -2.41. The van der Waals surface area contributed by atoms with Crippen molar-refractivity contribution in [1.29, 1.82) is 0 Å². The second kappa shape index (κ2) is 4.81. The molecule has 0 aliphatic carbocycles. The number of hydrogen-bond donors (Lipinski definition) is 1. The van der Waals surface area contributed by atoms with Gasteiger partial charge in [0.15, 0.2) is 0 Å².